The highest BCUT2D eigenvalue weighted by atomic mass is 35.5. The molecule has 1 amide bonds. The average Bonchev–Trinajstić information content (AvgIpc) is 2.48. The van der Waals surface area contributed by atoms with E-state index < -0.39 is 0 Å². The first-order valence-corrected chi connectivity index (χ1v) is 7.85. The molecule has 0 aromatic heterocycles. The molecule has 0 bridgehead atoms. The number of aliphatic hydroxyl groups is 1. The fraction of sp³-hybridized carbons (Fsp3) is 0.562. The van der Waals surface area contributed by atoms with Gasteiger partial charge in [-0.25, -0.2) is 0 Å². The van der Waals surface area contributed by atoms with E-state index in [4.69, 9.17) is 16.7 Å². The van der Waals surface area contributed by atoms with Gasteiger partial charge in [0.1, 0.15) is 0 Å². The number of hydrogen-bond acceptors (Lipinski definition) is 3. The van der Waals surface area contributed by atoms with E-state index in [9.17, 15) is 4.79 Å². The predicted octanol–water partition coefficient (Wildman–Crippen LogP) is 2.22. The fourth-order valence-corrected chi connectivity index (χ4v) is 3.02. The van der Waals surface area contributed by atoms with Crippen molar-refractivity contribution in [1.29, 1.82) is 0 Å². The predicted molar refractivity (Wildman–Crippen MR) is 84.3 cm³/mol. The number of amides is 1. The molecule has 1 heterocycles. The van der Waals surface area contributed by atoms with Crippen molar-refractivity contribution in [3.05, 3.63) is 34.9 Å². The molecule has 21 heavy (non-hydrogen) atoms. The number of carbonyl (C=O) groups is 1. The molecule has 4 nitrogen and oxygen atoms in total. The van der Waals surface area contributed by atoms with Gasteiger partial charge in [0.15, 0.2) is 0 Å². The number of piperidine rings is 1. The van der Waals surface area contributed by atoms with Crippen LogP contribution in [0.25, 0.3) is 0 Å². The molecule has 1 aliphatic rings. The molecule has 0 saturated carbocycles. The van der Waals surface area contributed by atoms with E-state index in [1.54, 1.807) is 0 Å². The topological polar surface area (TPSA) is 52.6 Å². The summed E-state index contributed by atoms with van der Waals surface area (Å²) in [6, 6.07) is 7.47. The van der Waals surface area contributed by atoms with Gasteiger partial charge in [-0.3, -0.25) is 9.69 Å². The normalized spacial score (nSPS) is 18.4. The van der Waals surface area contributed by atoms with E-state index in [0.29, 0.717) is 17.5 Å². The zero-order valence-electron chi connectivity index (χ0n) is 12.4. The zero-order chi connectivity index (χ0) is 15.2. The second kappa shape index (κ2) is 7.78. The van der Waals surface area contributed by atoms with Gasteiger partial charge in [-0.15, -0.1) is 0 Å². The average molecular weight is 311 g/mol. The third kappa shape index (κ3) is 4.70. The standard InChI is InChI=1S/C16H23ClN2O2/c1-12(14-4-2-3-5-15(14)17)18-16(21)10-19-8-6-13(11-20)7-9-19/h2-5,12-13,20H,6-11H2,1H3,(H,18,21). The number of nitrogens with one attached hydrogen (secondary N) is 1. The molecule has 116 valence electrons. The summed E-state index contributed by atoms with van der Waals surface area (Å²) in [7, 11) is 0. The second-order valence-electron chi connectivity index (χ2n) is 5.71. The van der Waals surface area contributed by atoms with Crippen LogP contribution in [0.5, 0.6) is 0 Å². The molecular weight excluding hydrogens is 288 g/mol. The highest BCUT2D eigenvalue weighted by molar-refractivity contribution is 6.31. The minimum absolute atomic E-state index is 0.0184. The largest absolute Gasteiger partial charge is 0.396 e. The fourth-order valence-electron chi connectivity index (χ4n) is 2.72. The van der Waals surface area contributed by atoms with Crippen molar-refractivity contribution in [3.63, 3.8) is 0 Å². The van der Waals surface area contributed by atoms with Gasteiger partial charge in [0.05, 0.1) is 12.6 Å². The third-order valence-electron chi connectivity index (χ3n) is 4.08. The molecule has 1 unspecified atom stereocenters. The van der Waals surface area contributed by atoms with Crippen molar-refractivity contribution in [2.24, 2.45) is 5.92 Å². The Bertz CT molecular complexity index is 473. The molecule has 1 saturated heterocycles. The van der Waals surface area contributed by atoms with Gasteiger partial charge in [0, 0.05) is 11.6 Å². The highest BCUT2D eigenvalue weighted by Gasteiger charge is 2.21. The smallest absolute Gasteiger partial charge is 0.234 e. The summed E-state index contributed by atoms with van der Waals surface area (Å²) >= 11 is 6.14. The highest BCUT2D eigenvalue weighted by Crippen LogP contribution is 2.22. The number of likely N-dealkylation sites (tertiary alicyclic amines) is 1. The lowest BCUT2D eigenvalue weighted by atomic mass is 9.98. The first-order valence-electron chi connectivity index (χ1n) is 7.47. The lowest BCUT2D eigenvalue weighted by Crippen LogP contribution is -2.42. The van der Waals surface area contributed by atoms with Crippen molar-refractivity contribution in [1.82, 2.24) is 10.2 Å². The number of nitrogens with zero attached hydrogens (tertiary/aromatic N) is 1. The Balaban J connectivity index is 1.81. The Morgan fingerprint density at radius 2 is 2.10 bits per heavy atom. The lowest BCUT2D eigenvalue weighted by molar-refractivity contribution is -0.123. The summed E-state index contributed by atoms with van der Waals surface area (Å²) in [4.78, 5) is 14.3. The maximum atomic E-state index is 12.1. The van der Waals surface area contributed by atoms with Crippen molar-refractivity contribution in [2.75, 3.05) is 26.2 Å². The van der Waals surface area contributed by atoms with Crippen LogP contribution in [0.4, 0.5) is 0 Å². The summed E-state index contributed by atoms with van der Waals surface area (Å²) in [6.07, 6.45) is 1.92. The van der Waals surface area contributed by atoms with Gasteiger partial charge >= 0.3 is 0 Å². The van der Waals surface area contributed by atoms with Crippen LogP contribution >= 0.6 is 11.6 Å². The van der Waals surface area contributed by atoms with Crippen molar-refractivity contribution in [2.45, 2.75) is 25.8 Å². The molecule has 0 radical (unpaired) electrons. The number of hydrogen-bond donors (Lipinski definition) is 2. The molecule has 1 aromatic carbocycles. The second-order valence-corrected chi connectivity index (χ2v) is 6.12. The van der Waals surface area contributed by atoms with Crippen molar-refractivity contribution < 1.29 is 9.90 Å². The Morgan fingerprint density at radius 3 is 2.71 bits per heavy atom. The Labute approximate surface area is 131 Å². The first-order chi connectivity index (χ1) is 10.1. The van der Waals surface area contributed by atoms with Gasteiger partial charge in [0.25, 0.3) is 0 Å². The lowest BCUT2D eigenvalue weighted by Gasteiger charge is -2.30. The Kier molecular flexibility index (Phi) is 6.03. The number of rotatable bonds is 5. The van der Waals surface area contributed by atoms with E-state index in [0.717, 1.165) is 31.5 Å². The van der Waals surface area contributed by atoms with Crippen LogP contribution < -0.4 is 5.32 Å². The molecule has 2 N–H and O–H groups in total. The van der Waals surface area contributed by atoms with E-state index in [1.165, 1.54) is 0 Å². The van der Waals surface area contributed by atoms with Crippen LogP contribution in [0.1, 0.15) is 31.4 Å². The summed E-state index contributed by atoms with van der Waals surface area (Å²) < 4.78 is 0. The van der Waals surface area contributed by atoms with Gasteiger partial charge in [-0.1, -0.05) is 29.8 Å². The molecule has 1 aliphatic heterocycles. The van der Waals surface area contributed by atoms with Crippen LogP contribution in [-0.2, 0) is 4.79 Å². The Morgan fingerprint density at radius 1 is 1.43 bits per heavy atom. The maximum absolute atomic E-state index is 12.1. The molecule has 1 atom stereocenters. The minimum atomic E-state index is -0.0961. The van der Waals surface area contributed by atoms with Crippen LogP contribution in [0.2, 0.25) is 5.02 Å². The quantitative estimate of drug-likeness (QED) is 0.877. The van der Waals surface area contributed by atoms with E-state index in [2.05, 4.69) is 10.2 Å². The number of halogens is 1. The third-order valence-corrected chi connectivity index (χ3v) is 4.43. The zero-order valence-corrected chi connectivity index (χ0v) is 13.1. The molecule has 0 aliphatic carbocycles. The molecular formula is C16H23ClN2O2. The van der Waals surface area contributed by atoms with Gasteiger partial charge in [-0.2, -0.15) is 0 Å². The van der Waals surface area contributed by atoms with Gasteiger partial charge < -0.3 is 10.4 Å². The van der Waals surface area contributed by atoms with Crippen LogP contribution in [0.15, 0.2) is 24.3 Å². The SMILES string of the molecule is CC(NC(=O)CN1CCC(CO)CC1)c1ccccc1Cl. The number of aliphatic hydroxyl groups excluding tert-OH is 1. The molecule has 0 spiro atoms. The van der Waals surface area contributed by atoms with Gasteiger partial charge in [-0.05, 0) is 50.4 Å². The first kappa shape index (κ1) is 16.3. The Hall–Kier alpha value is -1.10. The molecule has 1 aromatic rings. The molecule has 5 heteroatoms. The minimum Gasteiger partial charge on any atom is -0.396 e. The summed E-state index contributed by atoms with van der Waals surface area (Å²) in [5.74, 6) is 0.413. The van der Waals surface area contributed by atoms with Crippen molar-refractivity contribution >= 4 is 17.5 Å². The summed E-state index contributed by atoms with van der Waals surface area (Å²) in [6.45, 7) is 4.35. The molecule has 2 rings (SSSR count). The summed E-state index contributed by atoms with van der Waals surface area (Å²) in [5.41, 5.74) is 0.937. The monoisotopic (exact) mass is 310 g/mol. The van der Waals surface area contributed by atoms with E-state index in [1.807, 2.05) is 31.2 Å². The van der Waals surface area contributed by atoms with E-state index in [-0.39, 0.29) is 18.6 Å². The van der Waals surface area contributed by atoms with Crippen LogP contribution in [0, 0.1) is 5.92 Å². The van der Waals surface area contributed by atoms with Crippen LogP contribution in [0.3, 0.4) is 0 Å². The van der Waals surface area contributed by atoms with Crippen molar-refractivity contribution in [3.8, 4) is 0 Å². The maximum Gasteiger partial charge on any atom is 0.234 e. The van der Waals surface area contributed by atoms with Crippen LogP contribution in [-0.4, -0.2) is 42.2 Å². The summed E-state index contributed by atoms with van der Waals surface area (Å²) in [5, 5.41) is 12.8. The van der Waals surface area contributed by atoms with E-state index >= 15 is 0 Å². The number of benzene rings is 1. The number of carbonyl (C=O) groups excluding carboxylic acids is 1. The molecule has 1 fully saturated rings. The van der Waals surface area contributed by atoms with Gasteiger partial charge in [0.2, 0.25) is 5.91 Å².